The van der Waals surface area contributed by atoms with Crippen molar-refractivity contribution in [2.45, 2.75) is 39.5 Å². The van der Waals surface area contributed by atoms with Gasteiger partial charge in [0.2, 0.25) is 0 Å². The summed E-state index contributed by atoms with van der Waals surface area (Å²) in [5, 5.41) is 27.8. The summed E-state index contributed by atoms with van der Waals surface area (Å²) in [5.41, 5.74) is 0.500. The zero-order chi connectivity index (χ0) is 13.7. The molecule has 18 heavy (non-hydrogen) atoms. The molecule has 0 atom stereocenters. The molecule has 0 bridgehead atoms. The maximum atomic E-state index is 10.9. The molecule has 1 aromatic rings. The van der Waals surface area contributed by atoms with Crippen molar-refractivity contribution in [2.24, 2.45) is 5.92 Å². The lowest BCUT2D eigenvalue weighted by Gasteiger charge is -2.08. The third-order valence-corrected chi connectivity index (χ3v) is 2.88. The Morgan fingerprint density at radius 2 is 1.89 bits per heavy atom. The second kappa shape index (κ2) is 6.28. The molecule has 0 amide bonds. The van der Waals surface area contributed by atoms with Crippen molar-refractivity contribution in [1.82, 2.24) is 0 Å². The van der Waals surface area contributed by atoms with Gasteiger partial charge in [-0.15, -0.1) is 0 Å². The van der Waals surface area contributed by atoms with Crippen LogP contribution in [0.1, 0.15) is 49.0 Å². The Kier molecular flexibility index (Phi) is 5.01. The predicted octanol–water partition coefficient (Wildman–Crippen LogP) is 3.16. The molecule has 0 unspecified atom stereocenters. The Bertz CT molecular complexity index is 424. The van der Waals surface area contributed by atoms with Crippen molar-refractivity contribution < 1.29 is 20.1 Å². The molecule has 0 aliphatic carbocycles. The Morgan fingerprint density at radius 3 is 2.44 bits per heavy atom. The van der Waals surface area contributed by atoms with Crippen molar-refractivity contribution >= 4 is 5.97 Å². The van der Waals surface area contributed by atoms with Gasteiger partial charge in [0.15, 0.2) is 11.5 Å². The van der Waals surface area contributed by atoms with E-state index in [1.807, 2.05) is 0 Å². The van der Waals surface area contributed by atoms with Gasteiger partial charge in [0.05, 0.1) is 0 Å². The normalized spacial score (nSPS) is 10.8. The van der Waals surface area contributed by atoms with Gasteiger partial charge in [-0.05, 0) is 36.5 Å². The average molecular weight is 252 g/mol. The average Bonchev–Trinajstić information content (AvgIpc) is 2.28. The number of hydrogen-bond donors (Lipinski definition) is 3. The number of aromatic carboxylic acids is 1. The highest BCUT2D eigenvalue weighted by Gasteiger charge is 2.14. The van der Waals surface area contributed by atoms with E-state index in [0.29, 0.717) is 12.3 Å². The molecule has 0 aromatic heterocycles. The number of aromatic hydroxyl groups is 2. The Labute approximate surface area is 107 Å². The first-order valence-electron chi connectivity index (χ1n) is 6.20. The highest BCUT2D eigenvalue weighted by atomic mass is 16.4. The molecule has 3 N–H and O–H groups in total. The van der Waals surface area contributed by atoms with Gasteiger partial charge in [0.25, 0.3) is 0 Å². The topological polar surface area (TPSA) is 77.8 Å². The van der Waals surface area contributed by atoms with Crippen LogP contribution in [0.2, 0.25) is 0 Å². The number of phenolic OH excluding ortho intramolecular Hbond substituents is 1. The highest BCUT2D eigenvalue weighted by Crippen LogP contribution is 2.31. The quantitative estimate of drug-likeness (QED) is 0.537. The minimum absolute atomic E-state index is 0.242. The summed E-state index contributed by atoms with van der Waals surface area (Å²) >= 11 is 0. The van der Waals surface area contributed by atoms with Gasteiger partial charge in [-0.25, -0.2) is 4.79 Å². The van der Waals surface area contributed by atoms with E-state index < -0.39 is 11.7 Å². The summed E-state index contributed by atoms with van der Waals surface area (Å²) < 4.78 is 0. The molecule has 100 valence electrons. The molecular weight excluding hydrogens is 232 g/mol. The van der Waals surface area contributed by atoms with Gasteiger partial charge >= 0.3 is 5.97 Å². The number of carbonyl (C=O) groups is 1. The third kappa shape index (κ3) is 3.95. The van der Waals surface area contributed by atoms with E-state index >= 15 is 0 Å². The minimum Gasteiger partial charge on any atom is -0.504 e. The molecule has 1 aromatic carbocycles. The lowest BCUT2D eigenvalue weighted by molar-refractivity contribution is 0.0693. The molecule has 4 nitrogen and oxygen atoms in total. The zero-order valence-corrected chi connectivity index (χ0v) is 10.8. The number of carboxylic acid groups (broad SMARTS) is 1. The van der Waals surface area contributed by atoms with Gasteiger partial charge in [-0.3, -0.25) is 0 Å². The second-order valence-electron chi connectivity index (χ2n) is 4.96. The van der Waals surface area contributed by atoms with Crippen LogP contribution in [0, 0.1) is 5.92 Å². The fourth-order valence-corrected chi connectivity index (χ4v) is 1.87. The van der Waals surface area contributed by atoms with Gasteiger partial charge in [0, 0.05) is 0 Å². The van der Waals surface area contributed by atoms with Gasteiger partial charge in [0.1, 0.15) is 5.56 Å². The van der Waals surface area contributed by atoms with Crippen molar-refractivity contribution in [3.8, 4) is 11.5 Å². The van der Waals surface area contributed by atoms with E-state index in [4.69, 9.17) is 5.11 Å². The van der Waals surface area contributed by atoms with Crippen LogP contribution in [-0.2, 0) is 6.42 Å². The van der Waals surface area contributed by atoms with E-state index in [9.17, 15) is 15.0 Å². The van der Waals surface area contributed by atoms with Crippen molar-refractivity contribution in [1.29, 1.82) is 0 Å². The molecule has 0 radical (unpaired) electrons. The number of hydrogen-bond acceptors (Lipinski definition) is 3. The van der Waals surface area contributed by atoms with E-state index in [1.165, 1.54) is 12.1 Å². The fraction of sp³-hybridized carbons (Fsp3) is 0.500. The van der Waals surface area contributed by atoms with Crippen molar-refractivity contribution in [3.05, 3.63) is 23.3 Å². The molecular formula is C14H20O4. The molecule has 0 spiro atoms. The maximum absolute atomic E-state index is 10.9. The second-order valence-corrected chi connectivity index (χ2v) is 4.96. The van der Waals surface area contributed by atoms with Gasteiger partial charge < -0.3 is 15.3 Å². The number of phenols is 2. The molecule has 0 saturated carbocycles. The lowest BCUT2D eigenvalue weighted by Crippen LogP contribution is -1.99. The van der Waals surface area contributed by atoms with E-state index in [-0.39, 0.29) is 11.3 Å². The molecule has 1 rings (SSSR count). The number of unbranched alkanes of at least 4 members (excludes halogenated alkanes) is 1. The van der Waals surface area contributed by atoms with Crippen LogP contribution >= 0.6 is 0 Å². The molecule has 0 aliphatic heterocycles. The number of carboxylic acids is 1. The van der Waals surface area contributed by atoms with Crippen LogP contribution in [0.25, 0.3) is 0 Å². The highest BCUT2D eigenvalue weighted by molar-refractivity contribution is 5.92. The summed E-state index contributed by atoms with van der Waals surface area (Å²) in [6.45, 7) is 4.32. The van der Waals surface area contributed by atoms with Crippen LogP contribution in [0.3, 0.4) is 0 Å². The van der Waals surface area contributed by atoms with Crippen LogP contribution in [0.5, 0.6) is 11.5 Å². The van der Waals surface area contributed by atoms with E-state index in [1.54, 1.807) is 0 Å². The molecule has 0 heterocycles. The number of benzene rings is 1. The zero-order valence-electron chi connectivity index (χ0n) is 10.8. The Morgan fingerprint density at radius 1 is 1.22 bits per heavy atom. The molecule has 0 fully saturated rings. The van der Waals surface area contributed by atoms with Gasteiger partial charge in [-0.1, -0.05) is 26.7 Å². The van der Waals surface area contributed by atoms with Crippen LogP contribution < -0.4 is 0 Å². The van der Waals surface area contributed by atoms with E-state index in [2.05, 4.69) is 13.8 Å². The molecule has 0 saturated heterocycles. The third-order valence-electron chi connectivity index (χ3n) is 2.88. The largest absolute Gasteiger partial charge is 0.504 e. The lowest BCUT2D eigenvalue weighted by atomic mass is 10.0. The summed E-state index contributed by atoms with van der Waals surface area (Å²) in [6.07, 6.45) is 3.86. The first kappa shape index (κ1) is 14.4. The Balaban J connectivity index is 2.69. The number of aryl methyl sites for hydroxylation is 1. The predicted molar refractivity (Wildman–Crippen MR) is 69.1 cm³/mol. The number of rotatable bonds is 6. The maximum Gasteiger partial charge on any atom is 0.339 e. The fourth-order valence-electron chi connectivity index (χ4n) is 1.87. The van der Waals surface area contributed by atoms with Crippen LogP contribution in [0.15, 0.2) is 12.1 Å². The summed E-state index contributed by atoms with van der Waals surface area (Å²) in [5.74, 6) is -1.50. The Hall–Kier alpha value is -1.71. The van der Waals surface area contributed by atoms with E-state index in [0.717, 1.165) is 24.8 Å². The monoisotopic (exact) mass is 252 g/mol. The first-order chi connectivity index (χ1) is 8.41. The molecule has 0 aliphatic rings. The summed E-state index contributed by atoms with van der Waals surface area (Å²) in [7, 11) is 0. The van der Waals surface area contributed by atoms with Crippen LogP contribution in [-0.4, -0.2) is 21.3 Å². The first-order valence-corrected chi connectivity index (χ1v) is 6.20. The van der Waals surface area contributed by atoms with Gasteiger partial charge in [-0.2, -0.15) is 0 Å². The SMILES string of the molecule is CC(C)CCCCc1cc(O)c(O)c(C(=O)O)c1. The standard InChI is InChI=1S/C14H20O4/c1-9(2)5-3-4-6-10-7-11(14(17)18)13(16)12(15)8-10/h7-9,15-16H,3-6H2,1-2H3,(H,17,18). The van der Waals surface area contributed by atoms with Crippen molar-refractivity contribution in [3.63, 3.8) is 0 Å². The summed E-state index contributed by atoms with van der Waals surface area (Å²) in [6, 6.07) is 2.85. The smallest absolute Gasteiger partial charge is 0.339 e. The van der Waals surface area contributed by atoms with Crippen molar-refractivity contribution in [2.75, 3.05) is 0 Å². The minimum atomic E-state index is -1.23. The van der Waals surface area contributed by atoms with Crippen LogP contribution in [0.4, 0.5) is 0 Å². The molecule has 4 heteroatoms. The summed E-state index contributed by atoms with van der Waals surface area (Å²) in [4.78, 5) is 10.9.